The van der Waals surface area contributed by atoms with E-state index < -0.39 is 0 Å². The molecule has 0 saturated heterocycles. The molecule has 0 spiro atoms. The molecule has 0 radical (unpaired) electrons. The minimum atomic E-state index is 0.568. The van der Waals surface area contributed by atoms with Crippen LogP contribution >= 0.6 is 0 Å². The van der Waals surface area contributed by atoms with Crippen molar-refractivity contribution >= 4 is 5.69 Å². The predicted molar refractivity (Wildman–Crippen MR) is 69.7 cm³/mol. The van der Waals surface area contributed by atoms with Crippen molar-refractivity contribution in [2.45, 2.75) is 20.3 Å². The summed E-state index contributed by atoms with van der Waals surface area (Å²) in [5.41, 5.74) is 8.63. The second-order valence-electron chi connectivity index (χ2n) is 5.18. The molecule has 2 unspecified atom stereocenters. The van der Waals surface area contributed by atoms with Gasteiger partial charge in [0.25, 0.3) is 0 Å². The average molecular weight is 218 g/mol. The van der Waals surface area contributed by atoms with Crippen molar-refractivity contribution in [1.29, 1.82) is 0 Å². The van der Waals surface area contributed by atoms with Crippen LogP contribution in [0.15, 0.2) is 24.3 Å². The van der Waals surface area contributed by atoms with Gasteiger partial charge in [-0.05, 0) is 36.4 Å². The highest BCUT2D eigenvalue weighted by Gasteiger charge is 2.21. The molecule has 1 aliphatic rings. The van der Waals surface area contributed by atoms with E-state index in [1.54, 1.807) is 0 Å². The molecular formula is C14H22N2. The molecular weight excluding hydrogens is 196 g/mol. The molecule has 0 fully saturated rings. The van der Waals surface area contributed by atoms with Gasteiger partial charge in [-0.3, -0.25) is 0 Å². The first kappa shape index (κ1) is 11.5. The van der Waals surface area contributed by atoms with E-state index in [1.165, 1.54) is 24.2 Å². The maximum Gasteiger partial charge on any atom is 0.0399 e. The van der Waals surface area contributed by atoms with Crippen LogP contribution in [0.1, 0.15) is 19.4 Å². The minimum Gasteiger partial charge on any atom is -0.371 e. The van der Waals surface area contributed by atoms with Crippen LogP contribution in [0.4, 0.5) is 5.69 Å². The van der Waals surface area contributed by atoms with E-state index in [9.17, 15) is 0 Å². The summed E-state index contributed by atoms with van der Waals surface area (Å²) in [5, 5.41) is 0. The molecule has 0 aliphatic carbocycles. The Morgan fingerprint density at radius 1 is 1.44 bits per heavy atom. The van der Waals surface area contributed by atoms with Crippen LogP contribution in [0.25, 0.3) is 0 Å². The third kappa shape index (κ3) is 2.38. The normalized spacial score (nSPS) is 21.7. The molecule has 2 N–H and O–H groups in total. The number of nitrogens with two attached hydrogens (primary N) is 1. The molecule has 1 aromatic carbocycles. The van der Waals surface area contributed by atoms with Gasteiger partial charge < -0.3 is 10.6 Å². The Bertz CT molecular complexity index is 348. The lowest BCUT2D eigenvalue weighted by Gasteiger charge is -2.36. The number of fused-ring (bicyclic) bond motifs is 1. The molecule has 2 nitrogen and oxygen atoms in total. The lowest BCUT2D eigenvalue weighted by molar-refractivity contribution is 0.489. The molecule has 16 heavy (non-hydrogen) atoms. The van der Waals surface area contributed by atoms with E-state index >= 15 is 0 Å². The molecule has 0 amide bonds. The number of hydrogen-bond donors (Lipinski definition) is 1. The van der Waals surface area contributed by atoms with Gasteiger partial charge in [0.05, 0.1) is 0 Å². The summed E-state index contributed by atoms with van der Waals surface area (Å²) in [5.74, 6) is 1.32. The molecule has 0 bridgehead atoms. The van der Waals surface area contributed by atoms with Crippen LogP contribution in [0.5, 0.6) is 0 Å². The summed E-state index contributed by atoms with van der Waals surface area (Å²) in [6.07, 6.45) is 1.21. The first-order chi connectivity index (χ1) is 7.70. The summed E-state index contributed by atoms with van der Waals surface area (Å²) < 4.78 is 0. The predicted octanol–water partition coefficient (Wildman–Crippen LogP) is 2.28. The Labute approximate surface area is 98.4 Å². The number of para-hydroxylation sites is 1. The zero-order valence-corrected chi connectivity index (χ0v) is 10.3. The third-order valence-corrected chi connectivity index (χ3v) is 3.37. The highest BCUT2D eigenvalue weighted by Crippen LogP contribution is 2.29. The van der Waals surface area contributed by atoms with E-state index in [2.05, 4.69) is 43.0 Å². The SMILES string of the molecule is CC(CN)CN1CC(C)Cc2ccccc21. The van der Waals surface area contributed by atoms with Gasteiger partial charge in [-0.25, -0.2) is 0 Å². The Balaban J connectivity index is 2.20. The van der Waals surface area contributed by atoms with Gasteiger partial charge in [-0.2, -0.15) is 0 Å². The van der Waals surface area contributed by atoms with Gasteiger partial charge in [0.1, 0.15) is 0 Å². The molecule has 1 aromatic rings. The number of anilines is 1. The maximum absolute atomic E-state index is 5.72. The highest BCUT2D eigenvalue weighted by atomic mass is 15.1. The first-order valence-electron chi connectivity index (χ1n) is 6.23. The van der Waals surface area contributed by atoms with Crippen molar-refractivity contribution in [3.8, 4) is 0 Å². The van der Waals surface area contributed by atoms with Gasteiger partial charge in [-0.15, -0.1) is 0 Å². The number of hydrogen-bond acceptors (Lipinski definition) is 2. The average Bonchev–Trinajstić information content (AvgIpc) is 2.28. The summed E-state index contributed by atoms with van der Waals surface area (Å²) in [4.78, 5) is 2.50. The summed E-state index contributed by atoms with van der Waals surface area (Å²) in [7, 11) is 0. The quantitative estimate of drug-likeness (QED) is 0.843. The second kappa shape index (κ2) is 4.88. The standard InChI is InChI=1S/C14H22N2/c1-11-7-13-5-3-4-6-14(13)16(9-11)10-12(2)8-15/h3-6,11-12H,7-10,15H2,1-2H3. The Morgan fingerprint density at radius 3 is 2.94 bits per heavy atom. The molecule has 2 rings (SSSR count). The van der Waals surface area contributed by atoms with Gasteiger partial charge >= 0.3 is 0 Å². The van der Waals surface area contributed by atoms with Crippen molar-refractivity contribution in [1.82, 2.24) is 0 Å². The van der Waals surface area contributed by atoms with E-state index in [1.807, 2.05) is 0 Å². The Hall–Kier alpha value is -1.02. The fraction of sp³-hybridized carbons (Fsp3) is 0.571. The van der Waals surface area contributed by atoms with E-state index in [0.717, 1.165) is 19.0 Å². The highest BCUT2D eigenvalue weighted by molar-refractivity contribution is 5.55. The fourth-order valence-corrected chi connectivity index (χ4v) is 2.53. The van der Waals surface area contributed by atoms with Crippen LogP contribution < -0.4 is 10.6 Å². The van der Waals surface area contributed by atoms with Gasteiger partial charge in [-0.1, -0.05) is 32.0 Å². The van der Waals surface area contributed by atoms with Crippen molar-refractivity contribution in [3.05, 3.63) is 29.8 Å². The molecule has 88 valence electrons. The summed E-state index contributed by atoms with van der Waals surface area (Å²) >= 11 is 0. The lowest BCUT2D eigenvalue weighted by Crippen LogP contribution is -2.38. The van der Waals surface area contributed by atoms with Gasteiger partial charge in [0.2, 0.25) is 0 Å². The van der Waals surface area contributed by atoms with Crippen LogP contribution in [-0.4, -0.2) is 19.6 Å². The van der Waals surface area contributed by atoms with Crippen LogP contribution in [0, 0.1) is 11.8 Å². The molecule has 0 aromatic heterocycles. The summed E-state index contributed by atoms with van der Waals surface area (Å²) in [6, 6.07) is 8.77. The zero-order valence-electron chi connectivity index (χ0n) is 10.3. The van der Waals surface area contributed by atoms with E-state index in [0.29, 0.717) is 5.92 Å². The van der Waals surface area contributed by atoms with Gasteiger partial charge in [0, 0.05) is 18.8 Å². The van der Waals surface area contributed by atoms with E-state index in [-0.39, 0.29) is 0 Å². The van der Waals surface area contributed by atoms with Crippen LogP contribution in [-0.2, 0) is 6.42 Å². The van der Waals surface area contributed by atoms with E-state index in [4.69, 9.17) is 5.73 Å². The third-order valence-electron chi connectivity index (χ3n) is 3.37. The van der Waals surface area contributed by atoms with Crippen LogP contribution in [0.3, 0.4) is 0 Å². The Kier molecular flexibility index (Phi) is 3.49. The lowest BCUT2D eigenvalue weighted by atomic mass is 9.93. The number of nitrogens with zero attached hydrogens (tertiary/aromatic N) is 1. The zero-order chi connectivity index (χ0) is 11.5. The topological polar surface area (TPSA) is 29.3 Å². The molecule has 1 heterocycles. The fourth-order valence-electron chi connectivity index (χ4n) is 2.53. The monoisotopic (exact) mass is 218 g/mol. The first-order valence-corrected chi connectivity index (χ1v) is 6.23. The maximum atomic E-state index is 5.72. The Morgan fingerprint density at radius 2 is 2.19 bits per heavy atom. The largest absolute Gasteiger partial charge is 0.371 e. The number of rotatable bonds is 3. The van der Waals surface area contributed by atoms with Crippen molar-refractivity contribution in [2.75, 3.05) is 24.5 Å². The summed E-state index contributed by atoms with van der Waals surface area (Å²) in [6.45, 7) is 7.57. The van der Waals surface area contributed by atoms with Gasteiger partial charge in [0.15, 0.2) is 0 Å². The van der Waals surface area contributed by atoms with Crippen molar-refractivity contribution in [3.63, 3.8) is 0 Å². The van der Waals surface area contributed by atoms with Crippen molar-refractivity contribution in [2.24, 2.45) is 17.6 Å². The molecule has 2 heteroatoms. The van der Waals surface area contributed by atoms with Crippen molar-refractivity contribution < 1.29 is 0 Å². The molecule has 1 aliphatic heterocycles. The minimum absolute atomic E-state index is 0.568. The molecule has 0 saturated carbocycles. The molecule has 2 atom stereocenters. The second-order valence-corrected chi connectivity index (χ2v) is 5.18. The number of benzene rings is 1. The smallest absolute Gasteiger partial charge is 0.0399 e. The van der Waals surface area contributed by atoms with Crippen LogP contribution in [0.2, 0.25) is 0 Å².